The van der Waals surface area contributed by atoms with Crippen molar-refractivity contribution in [2.24, 2.45) is 0 Å². The Balaban J connectivity index is 4.26. The molecule has 1 atom stereocenters. The van der Waals surface area contributed by atoms with Crippen molar-refractivity contribution in [1.82, 2.24) is 0 Å². The van der Waals surface area contributed by atoms with Crippen LogP contribution in [-0.4, -0.2) is 24.4 Å². The van der Waals surface area contributed by atoms with E-state index in [1.807, 2.05) is 0 Å². The van der Waals surface area contributed by atoms with E-state index in [0.717, 1.165) is 12.8 Å². The summed E-state index contributed by atoms with van der Waals surface area (Å²) in [6.07, 6.45) is 3.57. The molecule has 0 amide bonds. The van der Waals surface area contributed by atoms with Gasteiger partial charge in [-0.25, -0.2) is 0 Å². The lowest BCUT2D eigenvalue weighted by Crippen LogP contribution is -2.02. The largest absolute Gasteiger partial charge is 0.389 e. The molecular weight excluding hydrogens is 227 g/mol. The summed E-state index contributed by atoms with van der Waals surface area (Å²) in [5.74, 6) is 1.36. The number of aliphatic hydroxyl groups excluding tert-OH is 1. The molecule has 0 aromatic rings. The van der Waals surface area contributed by atoms with Crippen LogP contribution in [0.5, 0.6) is 0 Å². The molecule has 0 saturated carbocycles. The minimum absolute atomic E-state index is 0.326. The molecule has 0 bridgehead atoms. The van der Waals surface area contributed by atoms with Crippen LogP contribution in [0.1, 0.15) is 40.0 Å². The fraction of sp³-hybridized carbons (Fsp3) is 0.818. The Morgan fingerprint density at radius 1 is 1.25 bits per heavy atom. The maximum Gasteiger partial charge on any atom is 0.353 e. The van der Waals surface area contributed by atoms with Gasteiger partial charge in [0.1, 0.15) is 0 Å². The second-order valence-corrected chi connectivity index (χ2v) is 5.32. The van der Waals surface area contributed by atoms with Crippen LogP contribution in [0.2, 0.25) is 0 Å². The van der Waals surface area contributed by atoms with E-state index >= 15 is 0 Å². The molecule has 0 spiro atoms. The Bertz CT molecular complexity index is 230. The molecule has 0 aliphatic carbocycles. The number of unbranched alkanes of at least 4 members (excludes halogenated alkanes) is 1. The Morgan fingerprint density at radius 2 is 1.81 bits per heavy atom. The Morgan fingerprint density at radius 3 is 2.25 bits per heavy atom. The maximum absolute atomic E-state index is 11.9. The van der Waals surface area contributed by atoms with Gasteiger partial charge >= 0.3 is 7.60 Å². The monoisotopic (exact) mass is 250 g/mol. The van der Waals surface area contributed by atoms with E-state index in [1.54, 1.807) is 13.8 Å². The van der Waals surface area contributed by atoms with Gasteiger partial charge in [-0.05, 0) is 26.3 Å². The number of aliphatic hydroxyl groups is 1. The van der Waals surface area contributed by atoms with Crippen LogP contribution in [0.15, 0.2) is 11.9 Å². The average molecular weight is 250 g/mol. The lowest BCUT2D eigenvalue weighted by Gasteiger charge is -2.13. The van der Waals surface area contributed by atoms with Crippen molar-refractivity contribution < 1.29 is 18.7 Å². The van der Waals surface area contributed by atoms with Crippen molar-refractivity contribution in [1.29, 1.82) is 0 Å². The van der Waals surface area contributed by atoms with Crippen molar-refractivity contribution in [2.75, 3.05) is 13.2 Å². The van der Waals surface area contributed by atoms with Gasteiger partial charge in [0.05, 0.1) is 19.3 Å². The highest BCUT2D eigenvalue weighted by molar-refractivity contribution is 7.57. The molecule has 0 aliphatic rings. The third kappa shape index (κ3) is 7.18. The third-order valence-corrected chi connectivity index (χ3v) is 3.74. The predicted octanol–water partition coefficient (Wildman–Crippen LogP) is 3.32. The lowest BCUT2D eigenvalue weighted by atomic mass is 10.2. The van der Waals surface area contributed by atoms with Crippen molar-refractivity contribution in [2.45, 2.75) is 46.1 Å². The molecule has 0 heterocycles. The SMILES string of the molecule is CCCC[C@@H](O)/C=C/P(=O)(OCC)OCC. The Labute approximate surface area is 98.2 Å². The first-order valence-electron chi connectivity index (χ1n) is 5.84. The Kier molecular flexibility index (Phi) is 8.86. The summed E-state index contributed by atoms with van der Waals surface area (Å²) in [5, 5.41) is 9.56. The highest BCUT2D eigenvalue weighted by atomic mass is 31.2. The maximum atomic E-state index is 11.9. The normalized spacial score (nSPS) is 14.5. The summed E-state index contributed by atoms with van der Waals surface area (Å²) in [5.41, 5.74) is 0. The number of rotatable bonds is 9. The number of hydrogen-bond acceptors (Lipinski definition) is 4. The van der Waals surface area contributed by atoms with Gasteiger partial charge in [0.25, 0.3) is 0 Å². The van der Waals surface area contributed by atoms with Crippen LogP contribution in [0.4, 0.5) is 0 Å². The van der Waals surface area contributed by atoms with Crippen LogP contribution in [0.3, 0.4) is 0 Å². The fourth-order valence-electron chi connectivity index (χ4n) is 1.20. The lowest BCUT2D eigenvalue weighted by molar-refractivity contribution is 0.206. The van der Waals surface area contributed by atoms with E-state index in [0.29, 0.717) is 19.6 Å². The van der Waals surface area contributed by atoms with Crippen LogP contribution in [0, 0.1) is 0 Å². The fourth-order valence-corrected chi connectivity index (χ4v) is 2.57. The molecular formula is C11H23O4P. The van der Waals surface area contributed by atoms with Gasteiger partial charge in [-0.15, -0.1) is 0 Å². The van der Waals surface area contributed by atoms with Gasteiger partial charge in [0, 0.05) is 5.82 Å². The third-order valence-electron chi connectivity index (χ3n) is 1.96. The summed E-state index contributed by atoms with van der Waals surface area (Å²) in [6.45, 7) is 6.22. The van der Waals surface area contributed by atoms with Crippen molar-refractivity contribution in [3.63, 3.8) is 0 Å². The first kappa shape index (κ1) is 15.9. The van der Waals surface area contributed by atoms with E-state index < -0.39 is 13.7 Å². The van der Waals surface area contributed by atoms with Gasteiger partial charge in [-0.2, -0.15) is 0 Å². The van der Waals surface area contributed by atoms with Crippen molar-refractivity contribution in [3.8, 4) is 0 Å². The zero-order valence-electron chi connectivity index (χ0n) is 10.4. The second kappa shape index (κ2) is 8.94. The second-order valence-electron chi connectivity index (χ2n) is 3.43. The van der Waals surface area contributed by atoms with Gasteiger partial charge in [-0.3, -0.25) is 4.57 Å². The molecule has 4 nitrogen and oxygen atoms in total. The quantitative estimate of drug-likeness (QED) is 0.638. The summed E-state index contributed by atoms with van der Waals surface area (Å²) in [6, 6.07) is 0. The standard InChI is InChI=1S/C11H23O4P/c1-4-7-8-11(12)9-10-16(13,14-5-2)15-6-3/h9-12H,4-8H2,1-3H3/b10-9+/t11-/m1/s1. The van der Waals surface area contributed by atoms with Crippen LogP contribution in [-0.2, 0) is 13.6 Å². The number of hydrogen-bond donors (Lipinski definition) is 1. The van der Waals surface area contributed by atoms with E-state index in [9.17, 15) is 9.67 Å². The predicted molar refractivity (Wildman–Crippen MR) is 65.5 cm³/mol. The summed E-state index contributed by atoms with van der Waals surface area (Å²) >= 11 is 0. The first-order valence-corrected chi connectivity index (χ1v) is 7.45. The highest BCUT2D eigenvalue weighted by Gasteiger charge is 2.19. The molecule has 0 aromatic heterocycles. The molecule has 5 heteroatoms. The molecule has 1 N–H and O–H groups in total. The minimum atomic E-state index is -3.15. The van der Waals surface area contributed by atoms with Crippen LogP contribution in [0.25, 0.3) is 0 Å². The molecule has 96 valence electrons. The smallest absolute Gasteiger partial charge is 0.353 e. The summed E-state index contributed by atoms with van der Waals surface area (Å²) < 4.78 is 22.1. The summed E-state index contributed by atoms with van der Waals surface area (Å²) in [4.78, 5) is 0. The van der Waals surface area contributed by atoms with E-state index in [1.165, 1.54) is 11.9 Å². The van der Waals surface area contributed by atoms with Crippen molar-refractivity contribution >= 4 is 7.60 Å². The molecule has 16 heavy (non-hydrogen) atoms. The molecule has 0 saturated heterocycles. The van der Waals surface area contributed by atoms with Crippen LogP contribution >= 0.6 is 7.60 Å². The van der Waals surface area contributed by atoms with Crippen LogP contribution < -0.4 is 0 Å². The molecule has 0 rings (SSSR count). The molecule has 0 unspecified atom stereocenters. The average Bonchev–Trinajstić information content (AvgIpc) is 2.24. The zero-order valence-corrected chi connectivity index (χ0v) is 11.3. The molecule has 0 radical (unpaired) electrons. The highest BCUT2D eigenvalue weighted by Crippen LogP contribution is 2.49. The van der Waals surface area contributed by atoms with Crippen molar-refractivity contribution in [3.05, 3.63) is 11.9 Å². The summed E-state index contributed by atoms with van der Waals surface area (Å²) in [7, 11) is -3.15. The minimum Gasteiger partial charge on any atom is -0.389 e. The first-order chi connectivity index (χ1) is 7.58. The molecule has 0 aromatic carbocycles. The van der Waals surface area contributed by atoms with Gasteiger partial charge in [0.15, 0.2) is 0 Å². The molecule has 0 fully saturated rings. The van der Waals surface area contributed by atoms with Gasteiger partial charge < -0.3 is 14.2 Å². The van der Waals surface area contributed by atoms with Gasteiger partial charge in [-0.1, -0.05) is 19.8 Å². The zero-order chi connectivity index (χ0) is 12.4. The van der Waals surface area contributed by atoms with E-state index in [2.05, 4.69) is 6.92 Å². The Hall–Kier alpha value is -0.150. The van der Waals surface area contributed by atoms with Gasteiger partial charge in [0.2, 0.25) is 0 Å². The topological polar surface area (TPSA) is 55.8 Å². The van der Waals surface area contributed by atoms with E-state index in [-0.39, 0.29) is 0 Å². The molecule has 0 aliphatic heterocycles. The van der Waals surface area contributed by atoms with E-state index in [4.69, 9.17) is 9.05 Å².